The molecule has 0 bridgehead atoms. The first-order valence-electron chi connectivity index (χ1n) is 6.17. The van der Waals surface area contributed by atoms with Crippen LogP contribution in [0.25, 0.3) is 0 Å². The van der Waals surface area contributed by atoms with Gasteiger partial charge in [-0.05, 0) is 23.8 Å². The molecular formula is C15H14N2O2. The second-order valence-electron chi connectivity index (χ2n) is 4.60. The molecule has 1 heterocycles. The number of nitrogens with one attached hydrogen (secondary N) is 2. The van der Waals surface area contributed by atoms with E-state index in [0.717, 1.165) is 11.3 Å². The summed E-state index contributed by atoms with van der Waals surface area (Å²) in [6, 6.07) is 14.2. The fraction of sp³-hybridized carbons (Fsp3) is 0.133. The van der Waals surface area contributed by atoms with Gasteiger partial charge in [0.25, 0.3) is 0 Å². The van der Waals surface area contributed by atoms with Crippen LogP contribution in [-0.2, 0) is 11.2 Å². The quantitative estimate of drug-likeness (QED) is 0.771. The summed E-state index contributed by atoms with van der Waals surface area (Å²) >= 11 is 0. The second kappa shape index (κ2) is 4.65. The number of benzene rings is 2. The zero-order valence-electron chi connectivity index (χ0n) is 10.3. The lowest BCUT2D eigenvalue weighted by Crippen LogP contribution is -2.32. The number of carbonyl (C=O) groups is 1. The Hall–Kier alpha value is -2.49. The van der Waals surface area contributed by atoms with Crippen LogP contribution in [0.3, 0.4) is 0 Å². The number of aromatic hydroxyl groups is 1. The number of rotatable bonds is 2. The van der Waals surface area contributed by atoms with Crippen LogP contribution < -0.4 is 10.6 Å². The van der Waals surface area contributed by atoms with E-state index in [0.29, 0.717) is 12.1 Å². The maximum absolute atomic E-state index is 12.1. The van der Waals surface area contributed by atoms with Gasteiger partial charge in [0.2, 0.25) is 5.91 Å². The van der Waals surface area contributed by atoms with E-state index in [9.17, 15) is 9.90 Å². The van der Waals surface area contributed by atoms with Gasteiger partial charge >= 0.3 is 0 Å². The first kappa shape index (κ1) is 11.6. The summed E-state index contributed by atoms with van der Waals surface area (Å²) in [5, 5.41) is 15.4. The van der Waals surface area contributed by atoms with Gasteiger partial charge in [0.15, 0.2) is 0 Å². The molecule has 0 saturated heterocycles. The third-order valence-electron chi connectivity index (χ3n) is 3.20. The van der Waals surface area contributed by atoms with Crippen molar-refractivity contribution in [1.29, 1.82) is 0 Å². The van der Waals surface area contributed by atoms with Crippen LogP contribution in [0.2, 0.25) is 0 Å². The zero-order chi connectivity index (χ0) is 13.2. The highest BCUT2D eigenvalue weighted by Gasteiger charge is 2.26. The Labute approximate surface area is 111 Å². The lowest BCUT2D eigenvalue weighted by molar-refractivity contribution is -0.116. The average Bonchev–Trinajstić information content (AvgIpc) is 2.82. The Morgan fingerprint density at radius 3 is 2.84 bits per heavy atom. The van der Waals surface area contributed by atoms with Gasteiger partial charge in [-0.25, -0.2) is 0 Å². The Kier molecular flexibility index (Phi) is 2.83. The minimum Gasteiger partial charge on any atom is -0.508 e. The molecule has 4 heteroatoms. The largest absolute Gasteiger partial charge is 0.508 e. The van der Waals surface area contributed by atoms with Crippen molar-refractivity contribution in [2.45, 2.75) is 12.5 Å². The lowest BCUT2D eigenvalue weighted by Gasteiger charge is -2.12. The number of hydrogen-bond acceptors (Lipinski definition) is 3. The number of phenols is 1. The summed E-state index contributed by atoms with van der Waals surface area (Å²) in [5.41, 5.74) is 2.76. The molecule has 2 aromatic carbocycles. The van der Waals surface area contributed by atoms with Crippen molar-refractivity contribution in [1.82, 2.24) is 0 Å². The maximum atomic E-state index is 12.1. The molecule has 1 amide bonds. The van der Waals surface area contributed by atoms with E-state index in [1.165, 1.54) is 6.07 Å². The molecule has 0 spiro atoms. The number of fused-ring (bicyclic) bond motifs is 1. The van der Waals surface area contributed by atoms with Crippen LogP contribution >= 0.6 is 0 Å². The molecule has 2 aromatic rings. The molecule has 3 rings (SSSR count). The van der Waals surface area contributed by atoms with Crippen molar-refractivity contribution in [2.24, 2.45) is 0 Å². The number of phenolic OH excluding ortho intramolecular Hbond substituents is 1. The molecule has 0 unspecified atom stereocenters. The number of anilines is 2. The maximum Gasteiger partial charge on any atom is 0.247 e. The topological polar surface area (TPSA) is 61.4 Å². The Morgan fingerprint density at radius 2 is 2.05 bits per heavy atom. The highest BCUT2D eigenvalue weighted by Crippen LogP contribution is 2.26. The zero-order valence-corrected chi connectivity index (χ0v) is 10.3. The molecule has 3 N–H and O–H groups in total. The highest BCUT2D eigenvalue weighted by atomic mass is 16.3. The molecule has 0 aromatic heterocycles. The van der Waals surface area contributed by atoms with Gasteiger partial charge in [-0.15, -0.1) is 0 Å². The normalized spacial score (nSPS) is 16.5. The molecule has 0 fully saturated rings. The Bertz CT molecular complexity index is 600. The van der Waals surface area contributed by atoms with Gasteiger partial charge in [0.1, 0.15) is 11.8 Å². The minimum absolute atomic E-state index is 0.0956. The van der Waals surface area contributed by atoms with E-state index in [4.69, 9.17) is 0 Å². The van der Waals surface area contributed by atoms with E-state index < -0.39 is 0 Å². The van der Waals surface area contributed by atoms with Gasteiger partial charge in [-0.1, -0.05) is 24.3 Å². The van der Waals surface area contributed by atoms with Crippen molar-refractivity contribution < 1.29 is 9.90 Å². The van der Waals surface area contributed by atoms with Crippen LogP contribution in [0, 0.1) is 0 Å². The van der Waals surface area contributed by atoms with Crippen LogP contribution in [-0.4, -0.2) is 17.1 Å². The second-order valence-corrected chi connectivity index (χ2v) is 4.60. The third-order valence-corrected chi connectivity index (χ3v) is 3.20. The van der Waals surface area contributed by atoms with Gasteiger partial charge in [0, 0.05) is 23.9 Å². The van der Waals surface area contributed by atoms with E-state index in [-0.39, 0.29) is 17.7 Å². The predicted molar refractivity (Wildman–Crippen MR) is 74.3 cm³/mol. The first-order chi connectivity index (χ1) is 9.22. The summed E-state index contributed by atoms with van der Waals surface area (Å²) in [5.74, 6) is 0.0438. The van der Waals surface area contributed by atoms with Crippen molar-refractivity contribution in [2.75, 3.05) is 10.6 Å². The lowest BCUT2D eigenvalue weighted by atomic mass is 10.1. The molecule has 0 saturated carbocycles. The van der Waals surface area contributed by atoms with Crippen molar-refractivity contribution in [3.8, 4) is 5.75 Å². The number of amides is 1. The van der Waals surface area contributed by atoms with Gasteiger partial charge < -0.3 is 15.7 Å². The molecule has 1 aliphatic heterocycles. The monoisotopic (exact) mass is 254 g/mol. The molecule has 4 nitrogen and oxygen atoms in total. The Balaban J connectivity index is 1.70. The summed E-state index contributed by atoms with van der Waals surface area (Å²) in [6.45, 7) is 0. The highest BCUT2D eigenvalue weighted by molar-refractivity contribution is 5.98. The van der Waals surface area contributed by atoms with Crippen LogP contribution in [0.1, 0.15) is 5.56 Å². The van der Waals surface area contributed by atoms with Crippen LogP contribution in [0.4, 0.5) is 11.4 Å². The smallest absolute Gasteiger partial charge is 0.247 e. The summed E-state index contributed by atoms with van der Waals surface area (Å²) in [7, 11) is 0. The number of carbonyl (C=O) groups excluding carboxylic acids is 1. The molecule has 0 radical (unpaired) electrons. The summed E-state index contributed by atoms with van der Waals surface area (Å²) < 4.78 is 0. The van der Waals surface area contributed by atoms with Gasteiger partial charge in [0.05, 0.1) is 0 Å². The van der Waals surface area contributed by atoms with Crippen molar-refractivity contribution in [3.63, 3.8) is 0 Å². The van der Waals surface area contributed by atoms with Gasteiger partial charge in [-0.3, -0.25) is 4.79 Å². The third kappa shape index (κ3) is 2.38. The molecule has 0 aliphatic carbocycles. The minimum atomic E-state index is -0.264. The summed E-state index contributed by atoms with van der Waals surface area (Å²) in [6.07, 6.45) is 0.681. The van der Waals surface area contributed by atoms with Crippen LogP contribution in [0.5, 0.6) is 5.75 Å². The van der Waals surface area contributed by atoms with Gasteiger partial charge in [-0.2, -0.15) is 0 Å². The molecule has 1 aliphatic rings. The molecule has 96 valence electrons. The SMILES string of the molecule is O=C(Nc1cccc(O)c1)[C@@H]1Cc2ccccc2N1. The average molecular weight is 254 g/mol. The van der Waals surface area contributed by atoms with E-state index in [1.807, 2.05) is 24.3 Å². The standard InChI is InChI=1S/C15H14N2O2/c18-12-6-3-5-11(9-12)16-15(19)14-8-10-4-1-2-7-13(10)17-14/h1-7,9,14,17-18H,8H2,(H,16,19)/t14-/m0/s1. The van der Waals surface area contributed by atoms with Crippen molar-refractivity contribution in [3.05, 3.63) is 54.1 Å². The van der Waals surface area contributed by atoms with E-state index in [1.54, 1.807) is 18.2 Å². The molecule has 19 heavy (non-hydrogen) atoms. The fourth-order valence-electron chi connectivity index (χ4n) is 2.27. The predicted octanol–water partition coefficient (Wildman–Crippen LogP) is 2.37. The van der Waals surface area contributed by atoms with E-state index in [2.05, 4.69) is 10.6 Å². The number of para-hydroxylation sites is 1. The Morgan fingerprint density at radius 1 is 1.21 bits per heavy atom. The first-order valence-corrected chi connectivity index (χ1v) is 6.17. The molecule has 1 atom stereocenters. The summed E-state index contributed by atoms with van der Waals surface area (Å²) in [4.78, 5) is 12.1. The number of hydrogen-bond donors (Lipinski definition) is 3. The fourth-order valence-corrected chi connectivity index (χ4v) is 2.27. The van der Waals surface area contributed by atoms with Crippen molar-refractivity contribution >= 4 is 17.3 Å². The van der Waals surface area contributed by atoms with Crippen LogP contribution in [0.15, 0.2) is 48.5 Å². The van der Waals surface area contributed by atoms with E-state index >= 15 is 0 Å². The molecular weight excluding hydrogens is 240 g/mol.